The molecule has 0 aliphatic carbocycles. The van der Waals surface area contributed by atoms with E-state index in [4.69, 9.17) is 0 Å². The van der Waals surface area contributed by atoms with Crippen LogP contribution in [0.1, 0.15) is 109 Å². The van der Waals surface area contributed by atoms with Crippen LogP contribution in [0.3, 0.4) is 0 Å². The summed E-state index contributed by atoms with van der Waals surface area (Å²) in [5.74, 6) is 1.78. The molecule has 2 unspecified atom stereocenters. The maximum absolute atomic E-state index is 2.49. The van der Waals surface area contributed by atoms with Crippen LogP contribution in [0, 0.1) is 33.5 Å². The summed E-state index contributed by atoms with van der Waals surface area (Å²) in [6.45, 7) is 29.2. The number of hydrogen-bond donors (Lipinski definition) is 0. The zero-order chi connectivity index (χ0) is 20.1. The molecular formula is C24H50Al+. The van der Waals surface area contributed by atoms with Crippen molar-refractivity contribution < 1.29 is 0 Å². The molecule has 2 atom stereocenters. The molecule has 0 nitrogen and oxygen atoms in total. The van der Waals surface area contributed by atoms with Gasteiger partial charge in [-0.05, 0) is 0 Å². The summed E-state index contributed by atoms with van der Waals surface area (Å²) in [6.07, 6.45) is 5.44. The molecule has 0 saturated carbocycles. The molecule has 0 aromatic heterocycles. The third-order valence-corrected chi connectivity index (χ3v) is 7.23. The van der Waals surface area contributed by atoms with E-state index in [0.29, 0.717) is 36.9 Å². The molecule has 0 fully saturated rings. The van der Waals surface area contributed by atoms with Gasteiger partial charge in [0.25, 0.3) is 0 Å². The Balaban J connectivity index is 4.21. The molecule has 25 heavy (non-hydrogen) atoms. The second-order valence-electron chi connectivity index (χ2n) is 13.2. The van der Waals surface area contributed by atoms with E-state index in [2.05, 4.69) is 83.1 Å². The average molecular weight is 366 g/mol. The van der Waals surface area contributed by atoms with Crippen LogP contribution in [-0.2, 0) is 0 Å². The van der Waals surface area contributed by atoms with Gasteiger partial charge in [0, 0.05) is 0 Å². The van der Waals surface area contributed by atoms with Gasteiger partial charge >= 0.3 is 168 Å². The van der Waals surface area contributed by atoms with Crippen molar-refractivity contribution in [2.75, 3.05) is 0 Å². The third-order valence-electron chi connectivity index (χ3n) is 4.96. The summed E-state index contributed by atoms with van der Waals surface area (Å²) in [6, 6.07) is 0. The summed E-state index contributed by atoms with van der Waals surface area (Å²) < 4.78 is 0. The molecule has 148 valence electrons. The molecule has 0 amide bonds. The Morgan fingerprint density at radius 3 is 1.08 bits per heavy atom. The van der Waals surface area contributed by atoms with Gasteiger partial charge in [-0.2, -0.15) is 0 Å². The summed E-state index contributed by atoms with van der Waals surface area (Å²) in [7, 11) is 0. The van der Waals surface area contributed by atoms with E-state index in [0.717, 1.165) is 11.8 Å². The quantitative estimate of drug-likeness (QED) is 0.340. The van der Waals surface area contributed by atoms with Crippen LogP contribution >= 0.6 is 0 Å². The van der Waals surface area contributed by atoms with E-state index in [9.17, 15) is 0 Å². The predicted molar refractivity (Wildman–Crippen MR) is 119 cm³/mol. The van der Waals surface area contributed by atoms with E-state index in [1.54, 1.807) is 0 Å². The monoisotopic (exact) mass is 365 g/mol. The maximum atomic E-state index is 2.49. The van der Waals surface area contributed by atoms with Crippen LogP contribution in [0.5, 0.6) is 0 Å². The third kappa shape index (κ3) is 15.3. The molecular weight excluding hydrogens is 315 g/mol. The van der Waals surface area contributed by atoms with Crippen molar-refractivity contribution in [1.82, 2.24) is 0 Å². The molecule has 0 aromatic carbocycles. The molecule has 0 aromatic rings. The summed E-state index contributed by atoms with van der Waals surface area (Å²) in [5.41, 5.74) is 1.86. The van der Waals surface area contributed by atoms with E-state index in [1.165, 1.54) is 36.2 Å². The van der Waals surface area contributed by atoms with Crippen LogP contribution in [0.25, 0.3) is 0 Å². The number of rotatable bonds is 10. The van der Waals surface area contributed by atoms with Gasteiger partial charge in [0.2, 0.25) is 0 Å². The van der Waals surface area contributed by atoms with Crippen molar-refractivity contribution in [2.24, 2.45) is 33.5 Å². The van der Waals surface area contributed by atoms with Gasteiger partial charge in [0.1, 0.15) is 0 Å². The van der Waals surface area contributed by atoms with Gasteiger partial charge in [0.05, 0.1) is 0 Å². The van der Waals surface area contributed by atoms with Gasteiger partial charge in [-0.3, -0.25) is 0 Å². The molecule has 1 heteroatoms. The van der Waals surface area contributed by atoms with Crippen LogP contribution in [-0.4, -0.2) is 15.2 Å². The SMILES string of the molecule is CC([CH2][Al+][CH2]C(C)CC(C)(C)CC(C)(C)C)CC(C)(C)CC(C)(C)C. The molecule has 0 aliphatic heterocycles. The molecule has 0 bridgehead atoms. The van der Waals surface area contributed by atoms with E-state index in [-0.39, 0.29) is 0 Å². The topological polar surface area (TPSA) is 0 Å². The molecule has 0 spiro atoms. The van der Waals surface area contributed by atoms with Crippen molar-refractivity contribution in [3.05, 3.63) is 0 Å². The molecule has 0 rings (SSSR count). The van der Waals surface area contributed by atoms with Crippen molar-refractivity contribution in [3.8, 4) is 0 Å². The summed E-state index contributed by atoms with van der Waals surface area (Å²) in [5, 5.41) is 2.97. The van der Waals surface area contributed by atoms with Crippen LogP contribution in [0.4, 0.5) is 0 Å². The Hall–Kier alpha value is 0.532. The Kier molecular flexibility index (Phi) is 9.85. The van der Waals surface area contributed by atoms with Crippen LogP contribution in [0.2, 0.25) is 10.6 Å². The van der Waals surface area contributed by atoms with Gasteiger partial charge in [-0.25, -0.2) is 0 Å². The molecule has 0 N–H and O–H groups in total. The fourth-order valence-electron chi connectivity index (χ4n) is 5.73. The second kappa shape index (κ2) is 9.64. The van der Waals surface area contributed by atoms with Crippen molar-refractivity contribution in [1.29, 1.82) is 0 Å². The minimum absolute atomic E-state index is 0.448. The molecule has 0 radical (unpaired) electrons. The van der Waals surface area contributed by atoms with E-state index in [1.807, 2.05) is 0 Å². The normalized spacial score (nSPS) is 16.5. The Labute approximate surface area is 168 Å². The summed E-state index contributed by atoms with van der Waals surface area (Å²) in [4.78, 5) is 0. The fraction of sp³-hybridized carbons (Fsp3) is 1.00. The molecule has 0 aliphatic rings. The zero-order valence-corrected chi connectivity index (χ0v) is 21.1. The average Bonchev–Trinajstić information content (AvgIpc) is 2.18. The molecule has 0 saturated heterocycles. The van der Waals surface area contributed by atoms with Gasteiger partial charge in [-0.15, -0.1) is 0 Å². The van der Waals surface area contributed by atoms with Crippen molar-refractivity contribution >= 4 is 15.2 Å². The van der Waals surface area contributed by atoms with E-state index >= 15 is 0 Å². The first kappa shape index (κ1) is 25.5. The first-order chi connectivity index (χ1) is 10.9. The first-order valence-electron chi connectivity index (χ1n) is 10.7. The second-order valence-corrected chi connectivity index (χ2v) is 14.7. The van der Waals surface area contributed by atoms with Crippen molar-refractivity contribution in [3.63, 3.8) is 0 Å². The Bertz CT molecular complexity index is 329. The Morgan fingerprint density at radius 2 is 0.840 bits per heavy atom. The zero-order valence-electron chi connectivity index (χ0n) is 20.0. The van der Waals surface area contributed by atoms with Crippen LogP contribution in [0.15, 0.2) is 0 Å². The minimum atomic E-state index is 0.448. The molecule has 0 heterocycles. The van der Waals surface area contributed by atoms with Gasteiger partial charge in [0.15, 0.2) is 0 Å². The van der Waals surface area contributed by atoms with Crippen LogP contribution < -0.4 is 0 Å². The first-order valence-corrected chi connectivity index (χ1v) is 12.4. The van der Waals surface area contributed by atoms with Crippen molar-refractivity contribution in [2.45, 2.75) is 119 Å². The summed E-state index contributed by atoms with van der Waals surface area (Å²) >= 11 is 0.618. The number of hydrogen-bond acceptors (Lipinski definition) is 0. The fourth-order valence-corrected chi connectivity index (χ4v) is 7.40. The van der Waals surface area contributed by atoms with Gasteiger partial charge in [-0.1, -0.05) is 0 Å². The van der Waals surface area contributed by atoms with E-state index < -0.39 is 0 Å². The predicted octanol–water partition coefficient (Wildman–Crippen LogP) is 8.50. The van der Waals surface area contributed by atoms with Gasteiger partial charge < -0.3 is 0 Å². The standard InChI is InChI=1S/2C12H25.Al/c2*1-10(2)8-12(6,7)9-11(3,4)5;/h2*10H,1,8-9H2,2-7H3;/q;;+1. The Morgan fingerprint density at radius 1 is 0.560 bits per heavy atom.